The van der Waals surface area contributed by atoms with Crippen molar-refractivity contribution < 1.29 is 17.1 Å². The predicted octanol–water partition coefficient (Wildman–Crippen LogP) is 11.0. The van der Waals surface area contributed by atoms with Crippen molar-refractivity contribution >= 4 is 33.9 Å². The molecule has 1 radical (unpaired) electrons. The maximum absolute atomic E-state index is 3.82. The second-order valence-electron chi connectivity index (χ2n) is 7.51. The summed E-state index contributed by atoms with van der Waals surface area (Å²) in [5.41, 5.74) is 0. The molecule has 0 rings (SSSR count). The molecule has 189 valence electrons. The molecule has 0 aromatic carbocycles. The Kier molecular flexibility index (Phi) is 79.5. The summed E-state index contributed by atoms with van der Waals surface area (Å²) in [6.07, 6.45) is 26.9. The molecule has 0 N–H and O–H groups in total. The Balaban J connectivity index is -0.0000000670. The molecule has 1 unspecified atom stereocenters. The molecule has 0 bridgehead atoms. The van der Waals surface area contributed by atoms with Crippen LogP contribution in [0.5, 0.6) is 0 Å². The summed E-state index contributed by atoms with van der Waals surface area (Å²) in [4.78, 5) is 0. The standard InChI is InChI=1S/2C10H21.C6H13.Cu.HI.H3P/c2*1-3-5-7-9-10-8-6-4-2;1-3-5-6-4-2;;;/h2*1,3-10H2,2H3;1,3-6H2,2H3;;1H;1H3/q3*-1;;;. The van der Waals surface area contributed by atoms with Crippen molar-refractivity contribution in [2.75, 3.05) is 0 Å². The van der Waals surface area contributed by atoms with Gasteiger partial charge in [0.15, 0.2) is 0 Å². The van der Waals surface area contributed by atoms with Crippen molar-refractivity contribution in [1.82, 2.24) is 0 Å². The first kappa shape index (κ1) is 44.4. The van der Waals surface area contributed by atoms with E-state index in [9.17, 15) is 0 Å². The monoisotopic (exact) mass is 592 g/mol. The maximum atomic E-state index is 3.82. The van der Waals surface area contributed by atoms with Crippen molar-refractivity contribution in [3.8, 4) is 0 Å². The second-order valence-corrected chi connectivity index (χ2v) is 7.51. The normalized spacial score (nSPS) is 8.90. The zero-order valence-corrected chi connectivity index (χ0v) is 25.4. The van der Waals surface area contributed by atoms with Gasteiger partial charge >= 0.3 is 0 Å². The molecule has 0 aliphatic heterocycles. The number of unbranched alkanes of at least 4 members (excludes halogenated alkanes) is 17. The molecular weight excluding hydrogens is 534 g/mol. The Hall–Kier alpha value is 1.68. The molecule has 0 aromatic heterocycles. The van der Waals surface area contributed by atoms with Crippen LogP contribution in [-0.4, -0.2) is 0 Å². The minimum absolute atomic E-state index is 0. The first-order chi connectivity index (χ1) is 12.7. The summed E-state index contributed by atoms with van der Waals surface area (Å²) in [6.45, 7) is 18.1. The Morgan fingerprint density at radius 1 is 0.379 bits per heavy atom. The summed E-state index contributed by atoms with van der Waals surface area (Å²) in [7, 11) is 0. The van der Waals surface area contributed by atoms with E-state index in [1.165, 1.54) is 109 Å². The Bertz CT molecular complexity index is 156. The van der Waals surface area contributed by atoms with Gasteiger partial charge in [0.2, 0.25) is 0 Å². The van der Waals surface area contributed by atoms with E-state index in [1.54, 1.807) is 0 Å². The van der Waals surface area contributed by atoms with Gasteiger partial charge in [0.25, 0.3) is 0 Å². The minimum atomic E-state index is 0. The third kappa shape index (κ3) is 65.2. The van der Waals surface area contributed by atoms with E-state index < -0.39 is 0 Å². The van der Waals surface area contributed by atoms with Crippen LogP contribution in [0.15, 0.2) is 0 Å². The zero-order valence-electron chi connectivity index (χ0n) is 20.7. The largest absolute Gasteiger partial charge is 0.343 e. The van der Waals surface area contributed by atoms with E-state index in [2.05, 4.69) is 41.5 Å². The molecule has 1 atom stereocenters. The average molecular weight is 593 g/mol. The van der Waals surface area contributed by atoms with Crippen LogP contribution in [0.2, 0.25) is 0 Å². The number of rotatable bonds is 17. The van der Waals surface area contributed by atoms with Crippen molar-refractivity contribution in [3.63, 3.8) is 0 Å². The third-order valence-electron chi connectivity index (χ3n) is 4.56. The van der Waals surface area contributed by atoms with Gasteiger partial charge in [-0.15, -0.1) is 24.0 Å². The van der Waals surface area contributed by atoms with Gasteiger partial charge in [-0.2, -0.15) is 29.2 Å². The molecule has 0 saturated carbocycles. The molecule has 0 fully saturated rings. The van der Waals surface area contributed by atoms with Gasteiger partial charge in [-0.25, -0.2) is 0 Å². The topological polar surface area (TPSA) is 0 Å². The van der Waals surface area contributed by atoms with Crippen molar-refractivity contribution in [2.24, 2.45) is 0 Å². The van der Waals surface area contributed by atoms with Crippen molar-refractivity contribution in [2.45, 2.75) is 149 Å². The summed E-state index contributed by atoms with van der Waals surface area (Å²) < 4.78 is 0. The fourth-order valence-electron chi connectivity index (χ4n) is 2.69. The molecular formula is C26H59CuIP-3. The summed E-state index contributed by atoms with van der Waals surface area (Å²) in [5, 5.41) is 0. The van der Waals surface area contributed by atoms with E-state index >= 15 is 0 Å². The quantitative estimate of drug-likeness (QED) is 0.0518. The van der Waals surface area contributed by atoms with Gasteiger partial charge in [-0.1, -0.05) is 130 Å². The zero-order chi connectivity index (χ0) is 20.1. The fraction of sp³-hybridized carbons (Fsp3) is 0.885. The smallest absolute Gasteiger partial charge is 0 e. The fourth-order valence-corrected chi connectivity index (χ4v) is 2.69. The molecule has 0 spiro atoms. The van der Waals surface area contributed by atoms with Crippen LogP contribution < -0.4 is 0 Å². The van der Waals surface area contributed by atoms with E-state index in [0.717, 1.165) is 19.3 Å². The Labute approximate surface area is 219 Å². The summed E-state index contributed by atoms with van der Waals surface area (Å²) in [5.74, 6) is 0. The average Bonchev–Trinajstić information content (AvgIpc) is 2.67. The van der Waals surface area contributed by atoms with Gasteiger partial charge in [0.1, 0.15) is 0 Å². The van der Waals surface area contributed by atoms with Crippen LogP contribution >= 0.6 is 33.9 Å². The second kappa shape index (κ2) is 51.9. The molecule has 0 heterocycles. The van der Waals surface area contributed by atoms with E-state index in [0.29, 0.717) is 0 Å². The molecule has 0 aliphatic carbocycles. The summed E-state index contributed by atoms with van der Waals surface area (Å²) in [6, 6.07) is 0. The number of hydrogen-bond acceptors (Lipinski definition) is 0. The number of hydrogen-bond donors (Lipinski definition) is 0. The summed E-state index contributed by atoms with van der Waals surface area (Å²) >= 11 is 0. The Morgan fingerprint density at radius 2 is 0.552 bits per heavy atom. The van der Waals surface area contributed by atoms with Crippen LogP contribution in [0.25, 0.3) is 0 Å². The van der Waals surface area contributed by atoms with E-state index in [1.807, 2.05) is 0 Å². The molecule has 0 aliphatic rings. The van der Waals surface area contributed by atoms with E-state index in [4.69, 9.17) is 0 Å². The first-order valence-electron chi connectivity index (χ1n) is 12.1. The molecule has 0 saturated heterocycles. The molecule has 0 amide bonds. The predicted molar refractivity (Wildman–Crippen MR) is 152 cm³/mol. The first-order valence-corrected chi connectivity index (χ1v) is 12.1. The van der Waals surface area contributed by atoms with Crippen LogP contribution in [0, 0.1) is 20.8 Å². The van der Waals surface area contributed by atoms with E-state index in [-0.39, 0.29) is 50.9 Å². The maximum Gasteiger partial charge on any atom is 0 e. The molecule has 0 aromatic rings. The molecule has 0 nitrogen and oxygen atoms in total. The van der Waals surface area contributed by atoms with Gasteiger partial charge in [0.05, 0.1) is 0 Å². The van der Waals surface area contributed by atoms with Crippen LogP contribution in [0.4, 0.5) is 0 Å². The molecule has 29 heavy (non-hydrogen) atoms. The van der Waals surface area contributed by atoms with Crippen LogP contribution in [-0.2, 0) is 17.1 Å². The molecule has 3 heteroatoms. The van der Waals surface area contributed by atoms with Crippen LogP contribution in [0.3, 0.4) is 0 Å². The number of halogens is 1. The van der Waals surface area contributed by atoms with Gasteiger partial charge < -0.3 is 20.8 Å². The van der Waals surface area contributed by atoms with Gasteiger partial charge in [-0.05, 0) is 0 Å². The Morgan fingerprint density at radius 3 is 0.759 bits per heavy atom. The third-order valence-corrected chi connectivity index (χ3v) is 4.56. The minimum Gasteiger partial charge on any atom is -0.343 e. The van der Waals surface area contributed by atoms with Gasteiger partial charge in [0, 0.05) is 17.1 Å². The van der Waals surface area contributed by atoms with Crippen LogP contribution in [0.1, 0.15) is 149 Å². The SMILES string of the molecule is I.P.[CH2-]CCCCC.[CH2-]CCCCCCCCC.[CH2-]CCCCCCCCC.[Cu]. The van der Waals surface area contributed by atoms with Crippen molar-refractivity contribution in [1.29, 1.82) is 0 Å². The van der Waals surface area contributed by atoms with Gasteiger partial charge in [-0.3, -0.25) is 0 Å². The van der Waals surface area contributed by atoms with Crippen molar-refractivity contribution in [3.05, 3.63) is 20.8 Å².